The molecule has 204 valence electrons. The van der Waals surface area contributed by atoms with E-state index < -0.39 is 6.04 Å². The molecule has 3 aromatic carbocycles. The fourth-order valence-corrected chi connectivity index (χ4v) is 5.20. The molecular formula is C29H27F2N7O2. The number of pyridine rings is 1. The number of fused-ring (bicyclic) bond motifs is 1. The number of hydrogen-bond acceptors (Lipinski definition) is 7. The van der Waals surface area contributed by atoms with E-state index in [0.717, 1.165) is 16.6 Å². The fraction of sp³-hybridized carbons (Fsp3) is 0.241. The maximum absolute atomic E-state index is 13.5. The molecule has 0 bridgehead atoms. The number of anilines is 1. The third-order valence-electron chi connectivity index (χ3n) is 7.30. The van der Waals surface area contributed by atoms with Crippen molar-refractivity contribution >= 4 is 16.6 Å². The van der Waals surface area contributed by atoms with Crippen LogP contribution in [0.15, 0.2) is 77.6 Å². The van der Waals surface area contributed by atoms with Gasteiger partial charge in [-0.25, -0.2) is 13.5 Å². The summed E-state index contributed by atoms with van der Waals surface area (Å²) in [5, 5.41) is 13.4. The van der Waals surface area contributed by atoms with Gasteiger partial charge < -0.3 is 14.6 Å². The lowest BCUT2D eigenvalue weighted by Crippen LogP contribution is -2.49. The lowest BCUT2D eigenvalue weighted by Gasteiger charge is -2.39. The summed E-state index contributed by atoms with van der Waals surface area (Å²) >= 11 is 0. The number of aromatic nitrogens is 5. The third kappa shape index (κ3) is 5.15. The molecule has 9 nitrogen and oxygen atoms in total. The number of ether oxygens (including phenoxy) is 1. The minimum Gasteiger partial charge on any atom is -0.497 e. The van der Waals surface area contributed by atoms with Gasteiger partial charge in [-0.2, -0.15) is 0 Å². The van der Waals surface area contributed by atoms with Crippen LogP contribution in [-0.2, 0) is 6.54 Å². The van der Waals surface area contributed by atoms with Crippen molar-refractivity contribution in [2.75, 3.05) is 38.2 Å². The molecule has 2 aromatic heterocycles. The van der Waals surface area contributed by atoms with E-state index in [2.05, 4.69) is 30.3 Å². The second-order valence-corrected chi connectivity index (χ2v) is 9.73. The average Bonchev–Trinajstić information content (AvgIpc) is 3.42. The zero-order valence-electron chi connectivity index (χ0n) is 21.8. The van der Waals surface area contributed by atoms with Crippen LogP contribution < -0.4 is 15.2 Å². The topological polar surface area (TPSA) is 92.2 Å². The van der Waals surface area contributed by atoms with Crippen LogP contribution in [0, 0.1) is 11.6 Å². The Labute approximate surface area is 228 Å². The first-order chi connectivity index (χ1) is 19.5. The molecule has 1 aliphatic rings. The minimum absolute atomic E-state index is 0.247. The van der Waals surface area contributed by atoms with Crippen molar-refractivity contribution in [1.82, 2.24) is 30.1 Å². The molecule has 3 heterocycles. The lowest BCUT2D eigenvalue weighted by molar-refractivity contribution is 0.200. The Hall–Kier alpha value is -4.64. The van der Waals surface area contributed by atoms with Crippen molar-refractivity contribution in [2.45, 2.75) is 12.6 Å². The molecule has 1 saturated heterocycles. The number of methoxy groups -OCH3 is 1. The Bertz CT molecular complexity index is 1680. The second-order valence-electron chi connectivity index (χ2n) is 9.73. The Morgan fingerprint density at radius 2 is 1.62 bits per heavy atom. The summed E-state index contributed by atoms with van der Waals surface area (Å²) in [7, 11) is 1.58. The molecule has 0 radical (unpaired) electrons. The summed E-state index contributed by atoms with van der Waals surface area (Å²) in [6.07, 6.45) is 0. The summed E-state index contributed by atoms with van der Waals surface area (Å²) in [5.74, 6) is 0.561. The van der Waals surface area contributed by atoms with E-state index in [9.17, 15) is 13.6 Å². The molecule has 40 heavy (non-hydrogen) atoms. The van der Waals surface area contributed by atoms with Crippen LogP contribution in [-0.4, -0.2) is 63.4 Å². The predicted molar refractivity (Wildman–Crippen MR) is 146 cm³/mol. The Kier molecular flexibility index (Phi) is 6.95. The highest BCUT2D eigenvalue weighted by Gasteiger charge is 2.33. The van der Waals surface area contributed by atoms with Gasteiger partial charge in [-0.05, 0) is 76.0 Å². The van der Waals surface area contributed by atoms with Gasteiger partial charge >= 0.3 is 0 Å². The Balaban J connectivity index is 1.37. The summed E-state index contributed by atoms with van der Waals surface area (Å²) in [6, 6.07) is 19.5. The quantitative estimate of drug-likeness (QED) is 0.334. The number of halogens is 2. The largest absolute Gasteiger partial charge is 0.497 e. The van der Waals surface area contributed by atoms with Gasteiger partial charge in [0.15, 0.2) is 5.82 Å². The summed E-state index contributed by atoms with van der Waals surface area (Å²) < 4.78 is 33.9. The molecule has 0 amide bonds. The van der Waals surface area contributed by atoms with Crippen molar-refractivity contribution in [3.63, 3.8) is 0 Å². The number of nitrogens with one attached hydrogen (secondary N) is 1. The molecule has 0 aliphatic carbocycles. The molecule has 11 heteroatoms. The number of rotatable bonds is 7. The first kappa shape index (κ1) is 25.6. The van der Waals surface area contributed by atoms with Crippen LogP contribution in [0.4, 0.5) is 14.5 Å². The van der Waals surface area contributed by atoms with Gasteiger partial charge in [0.25, 0.3) is 5.56 Å². The number of nitrogens with zero attached hydrogens (tertiary/aromatic N) is 6. The van der Waals surface area contributed by atoms with Crippen LogP contribution in [0.25, 0.3) is 10.9 Å². The van der Waals surface area contributed by atoms with E-state index >= 15 is 0 Å². The van der Waals surface area contributed by atoms with Crippen molar-refractivity contribution in [1.29, 1.82) is 0 Å². The molecule has 1 N–H and O–H groups in total. The number of hydrogen-bond donors (Lipinski definition) is 1. The fourth-order valence-electron chi connectivity index (χ4n) is 5.20. The second kappa shape index (κ2) is 10.9. The number of benzene rings is 3. The van der Waals surface area contributed by atoms with Crippen LogP contribution in [0.1, 0.15) is 23.0 Å². The Morgan fingerprint density at radius 1 is 0.925 bits per heavy atom. The van der Waals surface area contributed by atoms with Crippen LogP contribution in [0.5, 0.6) is 5.75 Å². The van der Waals surface area contributed by atoms with Gasteiger partial charge in [0.2, 0.25) is 0 Å². The van der Waals surface area contributed by atoms with Crippen molar-refractivity contribution in [2.24, 2.45) is 0 Å². The molecule has 6 rings (SSSR count). The summed E-state index contributed by atoms with van der Waals surface area (Å²) in [5.41, 5.74) is 2.70. The minimum atomic E-state index is -0.541. The Morgan fingerprint density at radius 3 is 2.33 bits per heavy atom. The van der Waals surface area contributed by atoms with Crippen LogP contribution in [0.3, 0.4) is 0 Å². The molecule has 0 spiro atoms. The van der Waals surface area contributed by atoms with E-state index in [4.69, 9.17) is 4.74 Å². The number of aromatic amines is 1. The highest BCUT2D eigenvalue weighted by molar-refractivity contribution is 5.80. The maximum atomic E-state index is 13.5. The van der Waals surface area contributed by atoms with Crippen molar-refractivity contribution in [3.8, 4) is 5.75 Å². The number of piperazine rings is 1. The van der Waals surface area contributed by atoms with Gasteiger partial charge in [0.05, 0.1) is 19.2 Å². The van der Waals surface area contributed by atoms with Crippen LogP contribution in [0.2, 0.25) is 0 Å². The van der Waals surface area contributed by atoms with Crippen molar-refractivity contribution < 1.29 is 13.5 Å². The van der Waals surface area contributed by atoms with Gasteiger partial charge in [0.1, 0.15) is 23.4 Å². The summed E-state index contributed by atoms with van der Waals surface area (Å²) in [4.78, 5) is 20.9. The maximum Gasteiger partial charge on any atom is 0.253 e. The zero-order chi connectivity index (χ0) is 27.6. The number of H-pyrrole nitrogens is 1. The predicted octanol–water partition coefficient (Wildman–Crippen LogP) is 3.76. The standard InChI is InChI=1S/C29H27F2N7O2/c1-40-24-11-4-20-16-25(29(39)32-26(20)17-24)27(28-33-34-35-38(28)18-19-2-5-21(30)6-3-19)37-14-12-36(13-15-37)23-9-7-22(31)8-10-23/h2-11,16-17,27H,12-15,18H2,1H3,(H,32,39). The van der Waals surface area contributed by atoms with E-state index in [-0.39, 0.29) is 17.2 Å². The molecular weight excluding hydrogens is 516 g/mol. The first-order valence-electron chi connectivity index (χ1n) is 12.9. The molecule has 1 atom stereocenters. The SMILES string of the molecule is COc1ccc2cc(C(c3nnnn3Cc3ccc(F)cc3)N3CCN(c4ccc(F)cc4)CC3)c(=O)[nH]c2c1. The van der Waals surface area contributed by atoms with Gasteiger partial charge in [-0.1, -0.05) is 12.1 Å². The molecule has 1 aliphatic heterocycles. The van der Waals surface area contributed by atoms with E-state index in [0.29, 0.717) is 55.4 Å². The summed E-state index contributed by atoms with van der Waals surface area (Å²) in [6.45, 7) is 2.89. The van der Waals surface area contributed by atoms with E-state index in [1.54, 1.807) is 42.1 Å². The molecule has 1 unspecified atom stereocenters. The smallest absolute Gasteiger partial charge is 0.253 e. The lowest BCUT2D eigenvalue weighted by atomic mass is 10.0. The highest BCUT2D eigenvalue weighted by Crippen LogP contribution is 2.30. The normalized spacial score (nSPS) is 14.9. The van der Waals surface area contributed by atoms with E-state index in [1.807, 2.05) is 18.2 Å². The van der Waals surface area contributed by atoms with Crippen molar-refractivity contribution in [3.05, 3.63) is 112 Å². The molecule has 5 aromatic rings. The number of tetrazole rings is 1. The zero-order valence-corrected chi connectivity index (χ0v) is 21.8. The average molecular weight is 544 g/mol. The molecule has 0 saturated carbocycles. The molecule has 1 fully saturated rings. The van der Waals surface area contributed by atoms with Gasteiger partial charge in [0, 0.05) is 43.5 Å². The van der Waals surface area contributed by atoms with Crippen LogP contribution >= 0.6 is 0 Å². The van der Waals surface area contributed by atoms with E-state index in [1.165, 1.54) is 24.3 Å². The van der Waals surface area contributed by atoms with Gasteiger partial charge in [-0.15, -0.1) is 5.10 Å². The highest BCUT2D eigenvalue weighted by atomic mass is 19.1. The monoisotopic (exact) mass is 543 g/mol. The van der Waals surface area contributed by atoms with Gasteiger partial charge in [-0.3, -0.25) is 9.69 Å². The first-order valence-corrected chi connectivity index (χ1v) is 12.9. The third-order valence-corrected chi connectivity index (χ3v) is 7.30.